The van der Waals surface area contributed by atoms with Crippen molar-refractivity contribution in [3.05, 3.63) is 46.7 Å². The Hall–Kier alpha value is -1.48. The first-order valence-corrected chi connectivity index (χ1v) is 11.8. The van der Waals surface area contributed by atoms with Crippen LogP contribution in [0.15, 0.2) is 51.3 Å². The van der Waals surface area contributed by atoms with Crippen LogP contribution < -0.4 is 10.0 Å². The third-order valence-electron chi connectivity index (χ3n) is 4.27. The molecule has 2 aromatic rings. The number of hydrogen-bond acceptors (Lipinski definition) is 5. The fourth-order valence-electron chi connectivity index (χ4n) is 3.01. The van der Waals surface area contributed by atoms with Gasteiger partial charge in [0.25, 0.3) is 10.0 Å². The number of pyridine rings is 1. The second-order valence-electron chi connectivity index (χ2n) is 6.44. The smallest absolute Gasteiger partial charge is 0.328 e. The monoisotopic (exact) mass is 459 g/mol. The van der Waals surface area contributed by atoms with Crippen LogP contribution in [0.3, 0.4) is 0 Å². The summed E-state index contributed by atoms with van der Waals surface area (Å²) < 4.78 is 27.6. The van der Waals surface area contributed by atoms with Crippen LogP contribution in [-0.4, -0.2) is 25.5 Å². The number of carbonyl (C=O) groups is 1. The molecule has 0 aliphatic heterocycles. The summed E-state index contributed by atoms with van der Waals surface area (Å²) in [6.45, 7) is 0. The van der Waals surface area contributed by atoms with Gasteiger partial charge in [-0.15, -0.1) is 0 Å². The van der Waals surface area contributed by atoms with Gasteiger partial charge < -0.3 is 5.32 Å². The van der Waals surface area contributed by atoms with Crippen molar-refractivity contribution in [3.63, 3.8) is 0 Å². The minimum absolute atomic E-state index is 0.000274. The topological polar surface area (TPSA) is 88.2 Å². The Balaban J connectivity index is 1.77. The number of nitrogens with one attached hydrogen (secondary N) is 2. The van der Waals surface area contributed by atoms with Gasteiger partial charge >= 0.3 is 6.03 Å². The Kier molecular flexibility index (Phi) is 7.09. The molecule has 0 unspecified atom stereocenters. The molecule has 2 N–H and O–H groups in total. The molecule has 1 saturated carbocycles. The second-order valence-corrected chi connectivity index (χ2v) is 10.1. The Morgan fingerprint density at radius 2 is 1.79 bits per heavy atom. The van der Waals surface area contributed by atoms with E-state index in [1.165, 1.54) is 24.2 Å². The summed E-state index contributed by atoms with van der Waals surface area (Å²) in [5, 5.41) is 3.62. The largest absolute Gasteiger partial charge is 0.335 e. The van der Waals surface area contributed by atoms with Crippen LogP contribution in [0.2, 0.25) is 10.0 Å². The van der Waals surface area contributed by atoms with Crippen LogP contribution in [0.5, 0.6) is 0 Å². The van der Waals surface area contributed by atoms with E-state index in [0.717, 1.165) is 32.1 Å². The minimum atomic E-state index is -4.09. The van der Waals surface area contributed by atoms with Gasteiger partial charge in [-0.25, -0.2) is 17.9 Å². The number of amides is 2. The predicted octanol–water partition coefficient (Wildman–Crippen LogP) is 4.86. The Labute approximate surface area is 178 Å². The number of hydrogen-bond donors (Lipinski definition) is 2. The van der Waals surface area contributed by atoms with Gasteiger partial charge in [-0.2, -0.15) is 0 Å². The first-order chi connectivity index (χ1) is 13.3. The number of rotatable bonds is 5. The maximum Gasteiger partial charge on any atom is 0.328 e. The molecule has 6 nitrogen and oxygen atoms in total. The van der Waals surface area contributed by atoms with Gasteiger partial charge in [-0.3, -0.25) is 4.98 Å². The molecule has 1 aromatic heterocycles. The summed E-state index contributed by atoms with van der Waals surface area (Å²) in [4.78, 5) is 17.1. The van der Waals surface area contributed by atoms with Crippen molar-refractivity contribution in [2.45, 2.75) is 52.8 Å². The lowest BCUT2D eigenvalue weighted by atomic mass is 9.96. The van der Waals surface area contributed by atoms with E-state index in [4.69, 9.17) is 23.2 Å². The van der Waals surface area contributed by atoms with E-state index in [-0.39, 0.29) is 10.9 Å². The number of aromatic nitrogens is 1. The van der Waals surface area contributed by atoms with Crippen molar-refractivity contribution >= 4 is 51.0 Å². The van der Waals surface area contributed by atoms with Gasteiger partial charge in [0, 0.05) is 38.3 Å². The third-order valence-corrected chi connectivity index (χ3v) is 7.24. The summed E-state index contributed by atoms with van der Waals surface area (Å²) in [6.07, 6.45) is 7.61. The molecule has 1 aliphatic carbocycles. The first-order valence-electron chi connectivity index (χ1n) is 8.75. The standard InChI is InChI=1S/C18H19Cl2N3O3S2/c19-12-8-13(20)10-15(9-12)27-16-6-7-21-11-17(16)28(25,26)23-18(24)22-14-4-2-1-3-5-14/h6-11,14H,1-5H2,(H2,22,23,24). The molecule has 0 bridgehead atoms. The van der Waals surface area contributed by atoms with Crippen molar-refractivity contribution in [3.8, 4) is 0 Å². The fraction of sp³-hybridized carbons (Fsp3) is 0.333. The molecule has 0 saturated heterocycles. The lowest BCUT2D eigenvalue weighted by Gasteiger charge is -2.22. The zero-order chi connectivity index (χ0) is 20.1. The highest BCUT2D eigenvalue weighted by Crippen LogP contribution is 2.35. The molecule has 1 fully saturated rings. The second kappa shape index (κ2) is 9.35. The van der Waals surface area contributed by atoms with E-state index in [2.05, 4.69) is 15.0 Å². The molecule has 1 aromatic carbocycles. The normalized spacial score (nSPS) is 15.2. The highest BCUT2D eigenvalue weighted by molar-refractivity contribution is 8.00. The molecule has 2 amide bonds. The van der Waals surface area contributed by atoms with E-state index in [1.54, 1.807) is 24.3 Å². The van der Waals surface area contributed by atoms with E-state index in [1.807, 2.05) is 0 Å². The van der Waals surface area contributed by atoms with Gasteiger partial charge in [0.1, 0.15) is 4.90 Å². The number of sulfonamides is 1. The van der Waals surface area contributed by atoms with E-state index in [0.29, 0.717) is 19.8 Å². The van der Waals surface area contributed by atoms with Crippen LogP contribution in [0.4, 0.5) is 4.79 Å². The van der Waals surface area contributed by atoms with E-state index in [9.17, 15) is 13.2 Å². The zero-order valence-corrected chi connectivity index (χ0v) is 18.0. The van der Waals surface area contributed by atoms with E-state index >= 15 is 0 Å². The Bertz CT molecular complexity index is 944. The van der Waals surface area contributed by atoms with Gasteiger partial charge in [0.05, 0.1) is 0 Å². The molecule has 1 heterocycles. The van der Waals surface area contributed by atoms with Crippen LogP contribution in [0.1, 0.15) is 32.1 Å². The number of carbonyl (C=O) groups excluding carboxylic acids is 1. The average Bonchev–Trinajstić information content (AvgIpc) is 2.61. The Morgan fingerprint density at radius 3 is 2.46 bits per heavy atom. The van der Waals surface area contributed by atoms with Crippen molar-refractivity contribution in [2.75, 3.05) is 0 Å². The predicted molar refractivity (Wildman–Crippen MR) is 111 cm³/mol. The first kappa shape index (κ1) is 21.2. The summed E-state index contributed by atoms with van der Waals surface area (Å²) in [5.74, 6) is 0. The summed E-state index contributed by atoms with van der Waals surface area (Å²) in [6, 6.07) is 5.79. The van der Waals surface area contributed by atoms with Gasteiger partial charge in [-0.05, 0) is 37.1 Å². The number of benzene rings is 1. The lowest BCUT2D eigenvalue weighted by Crippen LogP contribution is -2.45. The zero-order valence-electron chi connectivity index (χ0n) is 14.8. The molecular formula is C18H19Cl2N3O3S2. The van der Waals surface area contributed by atoms with Gasteiger partial charge in [-0.1, -0.05) is 54.2 Å². The molecule has 0 radical (unpaired) electrons. The lowest BCUT2D eigenvalue weighted by molar-refractivity contribution is 0.237. The average molecular weight is 460 g/mol. The summed E-state index contributed by atoms with van der Waals surface area (Å²) >= 11 is 13.2. The van der Waals surface area contributed by atoms with Gasteiger partial charge in [0.15, 0.2) is 0 Å². The molecule has 0 spiro atoms. The molecular weight excluding hydrogens is 441 g/mol. The molecule has 3 rings (SSSR count). The van der Waals surface area contributed by atoms with E-state index < -0.39 is 16.1 Å². The molecule has 150 valence electrons. The minimum Gasteiger partial charge on any atom is -0.335 e. The van der Waals surface area contributed by atoms with Crippen molar-refractivity contribution in [1.29, 1.82) is 0 Å². The molecule has 10 heteroatoms. The summed E-state index contributed by atoms with van der Waals surface area (Å²) in [7, 11) is -4.09. The fourth-order valence-corrected chi connectivity index (χ4v) is 5.97. The number of halogens is 2. The quantitative estimate of drug-likeness (QED) is 0.666. The third kappa shape index (κ3) is 5.76. The SMILES string of the molecule is O=C(NC1CCCCC1)NS(=O)(=O)c1cnccc1Sc1cc(Cl)cc(Cl)c1. The maximum atomic E-state index is 12.8. The summed E-state index contributed by atoms with van der Waals surface area (Å²) in [5.41, 5.74) is 0. The maximum absolute atomic E-state index is 12.8. The highest BCUT2D eigenvalue weighted by atomic mass is 35.5. The molecule has 0 atom stereocenters. The number of urea groups is 1. The van der Waals surface area contributed by atoms with Crippen molar-refractivity contribution in [2.24, 2.45) is 0 Å². The van der Waals surface area contributed by atoms with Crippen molar-refractivity contribution < 1.29 is 13.2 Å². The van der Waals surface area contributed by atoms with Crippen molar-refractivity contribution in [1.82, 2.24) is 15.0 Å². The van der Waals surface area contributed by atoms with Gasteiger partial charge in [0.2, 0.25) is 0 Å². The van der Waals surface area contributed by atoms with Crippen LogP contribution in [0.25, 0.3) is 0 Å². The van der Waals surface area contributed by atoms with Crippen LogP contribution >= 0.6 is 35.0 Å². The molecule has 1 aliphatic rings. The van der Waals surface area contributed by atoms with Crippen LogP contribution in [0, 0.1) is 0 Å². The highest BCUT2D eigenvalue weighted by Gasteiger charge is 2.24. The molecule has 28 heavy (non-hydrogen) atoms. The Morgan fingerprint density at radius 1 is 1.11 bits per heavy atom. The number of nitrogens with zero attached hydrogens (tertiary/aromatic N) is 1. The van der Waals surface area contributed by atoms with Crippen LogP contribution in [-0.2, 0) is 10.0 Å².